The second-order valence-corrected chi connectivity index (χ2v) is 5.49. The Bertz CT molecular complexity index is 467. The number of amides is 2. The summed E-state index contributed by atoms with van der Waals surface area (Å²) in [7, 11) is 0. The molecule has 4 nitrogen and oxygen atoms in total. The molecule has 1 saturated carbocycles. The van der Waals surface area contributed by atoms with E-state index in [2.05, 4.69) is 11.4 Å². The molecule has 0 spiro atoms. The lowest BCUT2D eigenvalue weighted by Gasteiger charge is -2.28. The first-order chi connectivity index (χ1) is 9.24. The van der Waals surface area contributed by atoms with Crippen LogP contribution in [0.15, 0.2) is 24.3 Å². The Labute approximate surface area is 113 Å². The molecular formula is C15H20N2O2. The fourth-order valence-corrected chi connectivity index (χ4v) is 3.02. The molecule has 0 unspecified atom stereocenters. The highest BCUT2D eigenvalue weighted by molar-refractivity contribution is 5.94. The van der Waals surface area contributed by atoms with Crippen molar-refractivity contribution in [3.05, 3.63) is 29.8 Å². The smallest absolute Gasteiger partial charge is 0.322 e. The zero-order valence-corrected chi connectivity index (χ0v) is 11.0. The van der Waals surface area contributed by atoms with E-state index < -0.39 is 0 Å². The normalized spacial score (nSPS) is 26.1. The summed E-state index contributed by atoms with van der Waals surface area (Å²) in [6, 6.07) is 8.30. The second kappa shape index (κ2) is 5.21. The van der Waals surface area contributed by atoms with Gasteiger partial charge < -0.3 is 10.4 Å². The molecule has 1 aliphatic carbocycles. The van der Waals surface area contributed by atoms with Crippen molar-refractivity contribution in [1.82, 2.24) is 5.32 Å². The van der Waals surface area contributed by atoms with Crippen LogP contribution >= 0.6 is 0 Å². The maximum atomic E-state index is 12.3. The molecule has 0 atom stereocenters. The summed E-state index contributed by atoms with van der Waals surface area (Å²) in [5.74, 6) is 0. The van der Waals surface area contributed by atoms with E-state index in [-0.39, 0.29) is 18.2 Å². The van der Waals surface area contributed by atoms with Gasteiger partial charge in [-0.1, -0.05) is 18.2 Å². The predicted octanol–water partition coefficient (Wildman–Crippen LogP) is 2.06. The van der Waals surface area contributed by atoms with Crippen LogP contribution in [-0.4, -0.2) is 29.8 Å². The number of benzene rings is 1. The molecule has 2 N–H and O–H groups in total. The van der Waals surface area contributed by atoms with Crippen molar-refractivity contribution in [2.24, 2.45) is 0 Å². The van der Waals surface area contributed by atoms with Gasteiger partial charge in [0.1, 0.15) is 0 Å². The molecule has 1 aromatic carbocycles. The van der Waals surface area contributed by atoms with Gasteiger partial charge in [0.05, 0.1) is 6.10 Å². The molecule has 19 heavy (non-hydrogen) atoms. The van der Waals surface area contributed by atoms with Crippen LogP contribution in [0, 0.1) is 0 Å². The zero-order chi connectivity index (χ0) is 13.2. The number of carbonyl (C=O) groups excluding carboxylic acids is 1. The number of hydrogen-bond donors (Lipinski definition) is 2. The van der Waals surface area contributed by atoms with Crippen molar-refractivity contribution in [2.75, 3.05) is 11.4 Å². The third-order valence-electron chi connectivity index (χ3n) is 4.16. The molecule has 2 amide bonds. The highest BCUT2D eigenvalue weighted by Crippen LogP contribution is 2.27. The van der Waals surface area contributed by atoms with E-state index in [1.807, 2.05) is 23.1 Å². The first-order valence-electron chi connectivity index (χ1n) is 7.08. The fraction of sp³-hybridized carbons (Fsp3) is 0.533. The van der Waals surface area contributed by atoms with Crippen molar-refractivity contribution in [3.63, 3.8) is 0 Å². The van der Waals surface area contributed by atoms with Gasteiger partial charge in [-0.25, -0.2) is 4.79 Å². The van der Waals surface area contributed by atoms with Gasteiger partial charge in [-0.3, -0.25) is 4.90 Å². The van der Waals surface area contributed by atoms with Crippen LogP contribution in [0.5, 0.6) is 0 Å². The minimum absolute atomic E-state index is 0.00587. The standard InChI is InChI=1S/C15H20N2O2/c18-13-7-5-12(6-8-13)16-15(19)17-10-9-11-3-1-2-4-14(11)17/h1-4,12-13,18H,5-10H2,(H,16,19). The number of aliphatic hydroxyl groups excluding tert-OH is 1. The summed E-state index contributed by atoms with van der Waals surface area (Å²) >= 11 is 0. The number of nitrogens with one attached hydrogen (secondary N) is 1. The topological polar surface area (TPSA) is 52.6 Å². The third-order valence-corrected chi connectivity index (χ3v) is 4.16. The van der Waals surface area contributed by atoms with E-state index in [0.29, 0.717) is 0 Å². The Morgan fingerprint density at radius 2 is 1.95 bits per heavy atom. The number of nitrogens with zero attached hydrogens (tertiary/aromatic N) is 1. The van der Waals surface area contributed by atoms with E-state index >= 15 is 0 Å². The first-order valence-corrected chi connectivity index (χ1v) is 7.08. The van der Waals surface area contributed by atoms with Crippen LogP contribution < -0.4 is 10.2 Å². The minimum Gasteiger partial charge on any atom is -0.393 e. The highest BCUT2D eigenvalue weighted by Gasteiger charge is 2.27. The lowest BCUT2D eigenvalue weighted by molar-refractivity contribution is 0.118. The number of fused-ring (bicyclic) bond motifs is 1. The molecule has 1 heterocycles. The van der Waals surface area contributed by atoms with E-state index in [1.54, 1.807) is 0 Å². The van der Waals surface area contributed by atoms with Crippen LogP contribution in [-0.2, 0) is 6.42 Å². The van der Waals surface area contributed by atoms with Crippen LogP contribution in [0.3, 0.4) is 0 Å². The number of aliphatic hydroxyl groups is 1. The van der Waals surface area contributed by atoms with Crippen LogP contribution in [0.2, 0.25) is 0 Å². The summed E-state index contributed by atoms with van der Waals surface area (Å²) in [6.07, 6.45) is 4.10. The third kappa shape index (κ3) is 2.59. The number of rotatable bonds is 1. The monoisotopic (exact) mass is 260 g/mol. The molecule has 3 rings (SSSR count). The Hall–Kier alpha value is -1.55. The molecule has 0 saturated heterocycles. The van der Waals surface area contributed by atoms with Gasteiger partial charge >= 0.3 is 6.03 Å². The Morgan fingerprint density at radius 3 is 2.74 bits per heavy atom. The largest absolute Gasteiger partial charge is 0.393 e. The molecule has 0 bridgehead atoms. The summed E-state index contributed by atoms with van der Waals surface area (Å²) < 4.78 is 0. The lowest BCUT2D eigenvalue weighted by atomic mass is 9.93. The first kappa shape index (κ1) is 12.5. The highest BCUT2D eigenvalue weighted by atomic mass is 16.3. The summed E-state index contributed by atoms with van der Waals surface area (Å²) in [5, 5.41) is 12.6. The van der Waals surface area contributed by atoms with E-state index in [1.165, 1.54) is 5.56 Å². The maximum absolute atomic E-state index is 12.3. The van der Waals surface area contributed by atoms with E-state index in [0.717, 1.165) is 44.3 Å². The zero-order valence-electron chi connectivity index (χ0n) is 11.0. The molecule has 0 radical (unpaired) electrons. The average molecular weight is 260 g/mol. The van der Waals surface area contributed by atoms with Gasteiger partial charge in [-0.2, -0.15) is 0 Å². The Morgan fingerprint density at radius 1 is 1.21 bits per heavy atom. The molecule has 1 fully saturated rings. The maximum Gasteiger partial charge on any atom is 0.322 e. The van der Waals surface area contributed by atoms with Crippen molar-refractivity contribution in [2.45, 2.75) is 44.2 Å². The van der Waals surface area contributed by atoms with Gasteiger partial charge in [0.15, 0.2) is 0 Å². The van der Waals surface area contributed by atoms with Gasteiger partial charge in [-0.05, 0) is 43.7 Å². The molecule has 102 valence electrons. The summed E-state index contributed by atoms with van der Waals surface area (Å²) in [5.41, 5.74) is 2.28. The molecule has 1 aromatic rings. The number of anilines is 1. The molecular weight excluding hydrogens is 240 g/mol. The average Bonchev–Trinajstić information content (AvgIpc) is 2.85. The fourth-order valence-electron chi connectivity index (χ4n) is 3.02. The van der Waals surface area contributed by atoms with E-state index in [4.69, 9.17) is 0 Å². The van der Waals surface area contributed by atoms with Gasteiger partial charge in [-0.15, -0.1) is 0 Å². The van der Waals surface area contributed by atoms with E-state index in [9.17, 15) is 9.90 Å². The molecule has 0 aromatic heterocycles. The number of hydrogen-bond acceptors (Lipinski definition) is 2. The summed E-state index contributed by atoms with van der Waals surface area (Å²) in [6.45, 7) is 0.764. The quantitative estimate of drug-likeness (QED) is 0.812. The van der Waals surface area contributed by atoms with Crippen molar-refractivity contribution in [3.8, 4) is 0 Å². The number of para-hydroxylation sites is 1. The van der Waals surface area contributed by atoms with Gasteiger partial charge in [0.25, 0.3) is 0 Å². The molecule has 2 aliphatic rings. The Kier molecular flexibility index (Phi) is 3.42. The van der Waals surface area contributed by atoms with Crippen molar-refractivity contribution in [1.29, 1.82) is 0 Å². The van der Waals surface area contributed by atoms with Gasteiger partial charge in [0.2, 0.25) is 0 Å². The Balaban J connectivity index is 1.63. The SMILES string of the molecule is O=C(NC1CCC(O)CC1)N1CCc2ccccc21. The molecule has 1 aliphatic heterocycles. The lowest BCUT2D eigenvalue weighted by Crippen LogP contribution is -2.46. The van der Waals surface area contributed by atoms with Crippen LogP contribution in [0.25, 0.3) is 0 Å². The minimum atomic E-state index is -0.180. The van der Waals surface area contributed by atoms with Crippen molar-refractivity contribution < 1.29 is 9.90 Å². The van der Waals surface area contributed by atoms with Crippen LogP contribution in [0.1, 0.15) is 31.2 Å². The second-order valence-electron chi connectivity index (χ2n) is 5.49. The number of carbonyl (C=O) groups is 1. The summed E-state index contributed by atoms with van der Waals surface area (Å²) in [4.78, 5) is 14.1. The van der Waals surface area contributed by atoms with Crippen molar-refractivity contribution >= 4 is 11.7 Å². The number of urea groups is 1. The van der Waals surface area contributed by atoms with Gasteiger partial charge in [0, 0.05) is 18.3 Å². The predicted molar refractivity (Wildman–Crippen MR) is 74.3 cm³/mol. The molecule has 4 heteroatoms. The van der Waals surface area contributed by atoms with Crippen LogP contribution in [0.4, 0.5) is 10.5 Å².